The van der Waals surface area contributed by atoms with Crippen LogP contribution >= 0.6 is 11.3 Å². The molecule has 0 spiro atoms. The third kappa shape index (κ3) is 5.42. The van der Waals surface area contributed by atoms with Crippen LogP contribution in [0.5, 0.6) is 5.75 Å². The molecule has 2 unspecified atom stereocenters. The number of thiophene rings is 1. The van der Waals surface area contributed by atoms with Crippen molar-refractivity contribution in [2.24, 2.45) is 5.92 Å². The minimum atomic E-state index is 0.0543. The number of para-hydroxylation sites is 1. The van der Waals surface area contributed by atoms with Crippen molar-refractivity contribution in [2.45, 2.75) is 39.3 Å². The van der Waals surface area contributed by atoms with Crippen LogP contribution in [0.1, 0.15) is 35.1 Å². The van der Waals surface area contributed by atoms with Crippen molar-refractivity contribution < 1.29 is 14.3 Å². The van der Waals surface area contributed by atoms with Gasteiger partial charge in [0, 0.05) is 55.0 Å². The Labute approximate surface area is 184 Å². The first kappa shape index (κ1) is 22.8. The normalized spacial score (nSPS) is 19.4. The Morgan fingerprint density at radius 1 is 1.20 bits per heavy atom. The summed E-state index contributed by atoms with van der Waals surface area (Å²) in [6, 6.07) is 12.9. The van der Waals surface area contributed by atoms with Crippen LogP contribution in [0.4, 0.5) is 0 Å². The average Bonchev–Trinajstić information content (AvgIpc) is 3.31. The predicted octanol–water partition coefficient (Wildman–Crippen LogP) is 4.16. The summed E-state index contributed by atoms with van der Waals surface area (Å²) in [6.45, 7) is 10.0. The first-order valence-corrected chi connectivity index (χ1v) is 11.4. The van der Waals surface area contributed by atoms with Gasteiger partial charge in [0.25, 0.3) is 0 Å². The number of aryl methyl sites for hydroxylation is 1. The molecule has 3 rings (SSSR count). The first-order valence-electron chi connectivity index (χ1n) is 10.6. The largest absolute Gasteiger partial charge is 0.496 e. The lowest BCUT2D eigenvalue weighted by Crippen LogP contribution is -2.43. The minimum absolute atomic E-state index is 0.0543. The van der Waals surface area contributed by atoms with E-state index in [0.29, 0.717) is 11.8 Å². The fraction of sp³-hybridized carbons (Fsp3) is 0.542. The molecular formula is C24H34N2O3S. The number of carbonyl (C=O) groups excluding carboxylic acids is 1. The van der Waals surface area contributed by atoms with E-state index in [1.54, 1.807) is 14.2 Å². The Morgan fingerprint density at radius 3 is 2.60 bits per heavy atom. The Hall–Kier alpha value is -1.89. The summed E-state index contributed by atoms with van der Waals surface area (Å²) >= 11 is 1.86. The SMILES string of the molecule is COCC(=O)N(CC1CN(Cc2ccc(C)s2)CC1c1ccccc1OC)C(C)C. The summed E-state index contributed by atoms with van der Waals surface area (Å²) in [6.07, 6.45) is 0. The van der Waals surface area contributed by atoms with Crippen molar-refractivity contribution in [3.63, 3.8) is 0 Å². The zero-order chi connectivity index (χ0) is 21.7. The number of likely N-dealkylation sites (tertiary alicyclic amines) is 1. The first-order chi connectivity index (χ1) is 14.4. The van der Waals surface area contributed by atoms with Gasteiger partial charge in [0.15, 0.2) is 0 Å². The van der Waals surface area contributed by atoms with E-state index in [1.807, 2.05) is 28.4 Å². The summed E-state index contributed by atoms with van der Waals surface area (Å²) in [5, 5.41) is 0. The van der Waals surface area contributed by atoms with E-state index >= 15 is 0 Å². The van der Waals surface area contributed by atoms with Gasteiger partial charge in [-0.1, -0.05) is 18.2 Å². The number of hydrogen-bond donors (Lipinski definition) is 0. The van der Waals surface area contributed by atoms with Crippen LogP contribution in [0.25, 0.3) is 0 Å². The van der Waals surface area contributed by atoms with Crippen LogP contribution < -0.4 is 4.74 Å². The zero-order valence-corrected chi connectivity index (χ0v) is 19.6. The quantitative estimate of drug-likeness (QED) is 0.599. The second-order valence-corrected chi connectivity index (χ2v) is 9.76. The Balaban J connectivity index is 1.84. The van der Waals surface area contributed by atoms with Gasteiger partial charge < -0.3 is 14.4 Å². The molecule has 30 heavy (non-hydrogen) atoms. The van der Waals surface area contributed by atoms with Crippen molar-refractivity contribution in [1.29, 1.82) is 0 Å². The maximum atomic E-state index is 12.7. The highest BCUT2D eigenvalue weighted by atomic mass is 32.1. The van der Waals surface area contributed by atoms with E-state index in [4.69, 9.17) is 9.47 Å². The second kappa shape index (κ2) is 10.4. The number of benzene rings is 1. The second-order valence-electron chi connectivity index (χ2n) is 8.39. The molecule has 6 heteroatoms. The lowest BCUT2D eigenvalue weighted by atomic mass is 9.87. The minimum Gasteiger partial charge on any atom is -0.496 e. The van der Waals surface area contributed by atoms with Gasteiger partial charge in [0.05, 0.1) is 7.11 Å². The van der Waals surface area contributed by atoms with E-state index in [1.165, 1.54) is 15.3 Å². The molecule has 1 aliphatic rings. The smallest absolute Gasteiger partial charge is 0.248 e. The van der Waals surface area contributed by atoms with Gasteiger partial charge in [-0.3, -0.25) is 9.69 Å². The molecule has 1 aromatic carbocycles. The van der Waals surface area contributed by atoms with E-state index in [9.17, 15) is 4.79 Å². The van der Waals surface area contributed by atoms with Gasteiger partial charge in [-0.25, -0.2) is 0 Å². The highest BCUT2D eigenvalue weighted by Crippen LogP contribution is 2.39. The number of amides is 1. The molecule has 0 bridgehead atoms. The average molecular weight is 431 g/mol. The Bertz CT molecular complexity index is 835. The molecule has 1 saturated heterocycles. The van der Waals surface area contributed by atoms with Crippen LogP contribution in [0, 0.1) is 12.8 Å². The molecule has 2 atom stereocenters. The molecule has 0 radical (unpaired) electrons. The van der Waals surface area contributed by atoms with Gasteiger partial charge in [-0.2, -0.15) is 0 Å². The monoisotopic (exact) mass is 430 g/mol. The number of rotatable bonds is 9. The van der Waals surface area contributed by atoms with Crippen molar-refractivity contribution >= 4 is 17.2 Å². The van der Waals surface area contributed by atoms with Gasteiger partial charge in [-0.05, 0) is 50.5 Å². The third-order valence-electron chi connectivity index (χ3n) is 5.87. The number of ether oxygens (including phenoxy) is 2. The number of carbonyl (C=O) groups is 1. The van der Waals surface area contributed by atoms with E-state index in [2.05, 4.69) is 49.9 Å². The molecule has 2 heterocycles. The fourth-order valence-corrected chi connectivity index (χ4v) is 5.38. The third-order valence-corrected chi connectivity index (χ3v) is 6.86. The molecule has 0 saturated carbocycles. The number of methoxy groups -OCH3 is 2. The molecule has 0 N–H and O–H groups in total. The van der Waals surface area contributed by atoms with Gasteiger partial charge >= 0.3 is 0 Å². The van der Waals surface area contributed by atoms with Crippen molar-refractivity contribution in [3.05, 3.63) is 51.7 Å². The molecule has 2 aromatic rings. The van der Waals surface area contributed by atoms with Crippen LogP contribution in [-0.4, -0.2) is 62.2 Å². The predicted molar refractivity (Wildman–Crippen MR) is 122 cm³/mol. The molecule has 164 valence electrons. The van der Waals surface area contributed by atoms with E-state index < -0.39 is 0 Å². The van der Waals surface area contributed by atoms with Crippen molar-refractivity contribution in [3.8, 4) is 5.75 Å². The topological polar surface area (TPSA) is 42.0 Å². The van der Waals surface area contributed by atoms with Crippen molar-refractivity contribution in [2.75, 3.05) is 40.5 Å². The van der Waals surface area contributed by atoms with E-state index in [-0.39, 0.29) is 18.6 Å². The summed E-state index contributed by atoms with van der Waals surface area (Å²) in [4.78, 5) is 19.9. The van der Waals surface area contributed by atoms with Gasteiger partial charge in [-0.15, -0.1) is 11.3 Å². The molecule has 0 aliphatic carbocycles. The lowest BCUT2D eigenvalue weighted by Gasteiger charge is -2.31. The molecule has 1 fully saturated rings. The molecule has 5 nitrogen and oxygen atoms in total. The summed E-state index contributed by atoms with van der Waals surface area (Å²) in [5.41, 5.74) is 1.23. The Morgan fingerprint density at radius 2 is 1.97 bits per heavy atom. The zero-order valence-electron chi connectivity index (χ0n) is 18.8. The number of nitrogens with zero attached hydrogens (tertiary/aromatic N) is 2. The fourth-order valence-electron chi connectivity index (χ4n) is 4.45. The van der Waals surface area contributed by atoms with E-state index in [0.717, 1.165) is 31.9 Å². The van der Waals surface area contributed by atoms with Gasteiger partial charge in [0.2, 0.25) is 5.91 Å². The maximum absolute atomic E-state index is 12.7. The highest BCUT2D eigenvalue weighted by molar-refractivity contribution is 7.11. The van der Waals surface area contributed by atoms with Gasteiger partial charge in [0.1, 0.15) is 12.4 Å². The molecular weight excluding hydrogens is 396 g/mol. The Kier molecular flexibility index (Phi) is 7.92. The summed E-state index contributed by atoms with van der Waals surface area (Å²) < 4.78 is 10.8. The highest BCUT2D eigenvalue weighted by Gasteiger charge is 2.37. The summed E-state index contributed by atoms with van der Waals surface area (Å²) in [5.74, 6) is 1.64. The molecule has 1 aromatic heterocycles. The van der Waals surface area contributed by atoms with Crippen LogP contribution in [0.15, 0.2) is 36.4 Å². The number of hydrogen-bond acceptors (Lipinski definition) is 5. The standard InChI is InChI=1S/C24H34N2O3S/c1-17(2)26(24(27)16-28-4)13-19-12-25(14-20-11-10-18(3)30-20)15-22(19)21-8-6-7-9-23(21)29-5/h6-11,17,19,22H,12-16H2,1-5H3. The molecule has 1 aliphatic heterocycles. The lowest BCUT2D eigenvalue weighted by molar-refractivity contribution is -0.137. The van der Waals surface area contributed by atoms with Crippen LogP contribution in [0.2, 0.25) is 0 Å². The van der Waals surface area contributed by atoms with Crippen LogP contribution in [0.3, 0.4) is 0 Å². The molecule has 1 amide bonds. The summed E-state index contributed by atoms with van der Waals surface area (Å²) in [7, 11) is 3.31. The maximum Gasteiger partial charge on any atom is 0.248 e. The van der Waals surface area contributed by atoms with Crippen LogP contribution in [-0.2, 0) is 16.1 Å². The van der Waals surface area contributed by atoms with Crippen molar-refractivity contribution in [1.82, 2.24) is 9.80 Å².